The minimum absolute atomic E-state index is 0.315. The predicted molar refractivity (Wildman–Crippen MR) is 127 cm³/mol. The van der Waals surface area contributed by atoms with Crippen LogP contribution in [0.25, 0.3) is 22.4 Å². The van der Waals surface area contributed by atoms with Crippen LogP contribution in [0, 0.1) is 18.7 Å². The lowest BCUT2D eigenvalue weighted by atomic mass is 9.97. The molecule has 0 amide bonds. The lowest BCUT2D eigenvalue weighted by molar-refractivity contribution is 0.237. The van der Waals surface area contributed by atoms with Crippen molar-refractivity contribution >= 4 is 5.82 Å². The minimum Gasteiger partial charge on any atom is -0.400 e. The van der Waals surface area contributed by atoms with Gasteiger partial charge in [-0.1, -0.05) is 30.3 Å². The summed E-state index contributed by atoms with van der Waals surface area (Å²) in [5.74, 6) is 0.731. The van der Waals surface area contributed by atoms with Crippen LogP contribution in [0.2, 0.25) is 0 Å². The van der Waals surface area contributed by atoms with E-state index in [9.17, 15) is 4.39 Å². The molecule has 5 N–H and O–H groups in total. The lowest BCUT2D eigenvalue weighted by Crippen LogP contribution is -2.30. The molecule has 1 aliphatic rings. The number of nitrogens with zero attached hydrogens (tertiary/aromatic N) is 2. The minimum atomic E-state index is -0.324. The molecule has 1 saturated heterocycles. The van der Waals surface area contributed by atoms with Gasteiger partial charge in [-0.25, -0.2) is 9.37 Å². The Morgan fingerprint density at radius 3 is 2.47 bits per heavy atom. The maximum atomic E-state index is 14.4. The number of anilines is 1. The molecule has 0 spiro atoms. The molecular weight excluding hydrogens is 407 g/mol. The number of hydrogen-bond donors (Lipinski definition) is 4. The molecule has 1 unspecified atom stereocenters. The maximum Gasteiger partial charge on any atom is 0.141 e. The predicted octanol–water partition coefficient (Wildman–Crippen LogP) is 3.82. The summed E-state index contributed by atoms with van der Waals surface area (Å²) in [7, 11) is 1.00. The van der Waals surface area contributed by atoms with Gasteiger partial charge in [-0.15, -0.1) is 0 Å². The number of aliphatic hydroxyl groups excluding tert-OH is 2. The fourth-order valence-electron chi connectivity index (χ4n) is 3.62. The first-order valence-corrected chi connectivity index (χ1v) is 10.8. The average Bonchev–Trinajstić information content (AvgIpc) is 2.83. The Kier molecular flexibility index (Phi) is 10.7. The second-order valence-corrected chi connectivity index (χ2v) is 7.56. The van der Waals surface area contributed by atoms with Gasteiger partial charge >= 0.3 is 0 Å². The SMILES string of the molecule is CO.Cc1ccccc1-c1ccc(-c2cnc(N)cn2)c(F)c1.OCCC1CCCNC1. The van der Waals surface area contributed by atoms with Crippen LogP contribution < -0.4 is 11.1 Å². The van der Waals surface area contributed by atoms with Crippen LogP contribution in [-0.2, 0) is 0 Å². The van der Waals surface area contributed by atoms with Gasteiger partial charge in [-0.2, -0.15) is 0 Å². The van der Waals surface area contributed by atoms with Crippen LogP contribution in [0.3, 0.4) is 0 Å². The van der Waals surface area contributed by atoms with Crippen molar-refractivity contribution in [3.05, 3.63) is 66.2 Å². The van der Waals surface area contributed by atoms with E-state index >= 15 is 0 Å². The number of hydrogen-bond acceptors (Lipinski definition) is 6. The fourth-order valence-corrected chi connectivity index (χ4v) is 3.62. The van der Waals surface area contributed by atoms with Gasteiger partial charge in [0, 0.05) is 19.3 Å². The van der Waals surface area contributed by atoms with Gasteiger partial charge in [0.2, 0.25) is 0 Å². The standard InChI is InChI=1S/C17H14FN3.C7H15NO.CH4O/c1-11-4-2-3-5-13(11)12-6-7-14(15(18)8-12)16-9-21-17(19)10-20-16;9-5-3-7-2-1-4-8-6-7;1-2/h2-10H,1H3,(H2,19,21);7-9H,1-6H2;2H,1H3. The van der Waals surface area contributed by atoms with Crippen molar-refractivity contribution in [1.82, 2.24) is 15.3 Å². The van der Waals surface area contributed by atoms with Crippen LogP contribution in [0.1, 0.15) is 24.8 Å². The molecule has 0 saturated carbocycles. The van der Waals surface area contributed by atoms with E-state index in [1.165, 1.54) is 37.8 Å². The molecule has 2 heterocycles. The molecule has 0 radical (unpaired) electrons. The zero-order valence-corrected chi connectivity index (χ0v) is 18.8. The Morgan fingerprint density at radius 1 is 1.09 bits per heavy atom. The summed E-state index contributed by atoms with van der Waals surface area (Å²) in [6, 6.07) is 13.0. The highest BCUT2D eigenvalue weighted by Crippen LogP contribution is 2.28. The molecule has 3 aromatic rings. The van der Waals surface area contributed by atoms with Gasteiger partial charge in [0.05, 0.1) is 18.1 Å². The maximum absolute atomic E-state index is 14.4. The average molecular weight is 441 g/mol. The molecule has 6 nitrogen and oxygen atoms in total. The van der Waals surface area contributed by atoms with E-state index in [1.807, 2.05) is 37.3 Å². The van der Waals surface area contributed by atoms with Crippen LogP contribution in [0.5, 0.6) is 0 Å². The lowest BCUT2D eigenvalue weighted by Gasteiger charge is -2.21. The van der Waals surface area contributed by atoms with E-state index in [4.69, 9.17) is 15.9 Å². The summed E-state index contributed by atoms with van der Waals surface area (Å²) < 4.78 is 14.4. The van der Waals surface area contributed by atoms with Gasteiger partial charge in [0.1, 0.15) is 11.6 Å². The number of aliphatic hydroxyl groups is 2. The first-order valence-electron chi connectivity index (χ1n) is 10.8. The monoisotopic (exact) mass is 440 g/mol. The first-order chi connectivity index (χ1) is 15.6. The molecule has 0 aliphatic carbocycles. The van der Waals surface area contributed by atoms with Gasteiger partial charge in [-0.05, 0) is 74.0 Å². The van der Waals surface area contributed by atoms with Crippen molar-refractivity contribution in [3.8, 4) is 22.4 Å². The number of benzene rings is 2. The number of halogens is 1. The Bertz CT molecular complexity index is 942. The molecule has 4 rings (SSSR count). The summed E-state index contributed by atoms with van der Waals surface area (Å²) in [6.07, 6.45) is 6.45. The van der Waals surface area contributed by atoms with Crippen LogP contribution in [0.4, 0.5) is 10.2 Å². The second-order valence-electron chi connectivity index (χ2n) is 7.56. The normalized spacial score (nSPS) is 15.1. The number of piperidine rings is 1. The molecule has 172 valence electrons. The fraction of sp³-hybridized carbons (Fsp3) is 0.360. The van der Waals surface area contributed by atoms with Gasteiger partial charge in [0.15, 0.2) is 0 Å². The Balaban J connectivity index is 0.000000277. The molecular formula is C25H33FN4O2. The quantitative estimate of drug-likeness (QED) is 0.492. The number of aryl methyl sites for hydroxylation is 1. The van der Waals surface area contributed by atoms with Crippen molar-refractivity contribution < 1.29 is 14.6 Å². The van der Waals surface area contributed by atoms with E-state index in [1.54, 1.807) is 6.07 Å². The van der Waals surface area contributed by atoms with Crippen molar-refractivity contribution in [3.63, 3.8) is 0 Å². The van der Waals surface area contributed by atoms with E-state index in [0.29, 0.717) is 23.7 Å². The summed E-state index contributed by atoms with van der Waals surface area (Å²) in [4.78, 5) is 8.04. The topological polar surface area (TPSA) is 104 Å². The summed E-state index contributed by atoms with van der Waals surface area (Å²) >= 11 is 0. The van der Waals surface area contributed by atoms with Gasteiger partial charge in [0.25, 0.3) is 0 Å². The Hall–Kier alpha value is -2.87. The zero-order valence-electron chi connectivity index (χ0n) is 18.8. The number of nitrogens with two attached hydrogens (primary N) is 1. The van der Waals surface area contributed by atoms with Crippen molar-refractivity contribution in [2.45, 2.75) is 26.2 Å². The van der Waals surface area contributed by atoms with Crippen LogP contribution >= 0.6 is 0 Å². The van der Waals surface area contributed by atoms with Crippen LogP contribution in [-0.4, -0.2) is 47.0 Å². The van der Waals surface area contributed by atoms with E-state index in [0.717, 1.165) is 42.7 Å². The smallest absolute Gasteiger partial charge is 0.141 e. The molecule has 1 atom stereocenters. The Morgan fingerprint density at radius 2 is 1.88 bits per heavy atom. The van der Waals surface area contributed by atoms with Crippen molar-refractivity contribution in [2.75, 3.05) is 32.5 Å². The number of aromatic nitrogens is 2. The van der Waals surface area contributed by atoms with E-state index in [-0.39, 0.29) is 5.82 Å². The summed E-state index contributed by atoms with van der Waals surface area (Å²) in [6.45, 7) is 4.64. The number of nitrogens with one attached hydrogen (secondary N) is 1. The third kappa shape index (κ3) is 7.37. The molecule has 2 aromatic carbocycles. The second kappa shape index (κ2) is 13.5. The Labute approximate surface area is 189 Å². The van der Waals surface area contributed by atoms with Crippen molar-refractivity contribution in [1.29, 1.82) is 0 Å². The molecule has 7 heteroatoms. The molecule has 32 heavy (non-hydrogen) atoms. The van der Waals surface area contributed by atoms with Crippen LogP contribution in [0.15, 0.2) is 54.9 Å². The third-order valence-electron chi connectivity index (χ3n) is 5.31. The van der Waals surface area contributed by atoms with E-state index in [2.05, 4.69) is 15.3 Å². The first kappa shape index (κ1) is 25.4. The highest BCUT2D eigenvalue weighted by molar-refractivity contribution is 5.71. The number of rotatable bonds is 4. The molecule has 1 aromatic heterocycles. The van der Waals surface area contributed by atoms with Gasteiger partial charge in [-0.3, -0.25) is 4.98 Å². The third-order valence-corrected chi connectivity index (χ3v) is 5.31. The van der Waals surface area contributed by atoms with Crippen molar-refractivity contribution in [2.24, 2.45) is 5.92 Å². The largest absolute Gasteiger partial charge is 0.400 e. The zero-order chi connectivity index (χ0) is 23.3. The molecule has 1 aliphatic heterocycles. The molecule has 0 bridgehead atoms. The van der Waals surface area contributed by atoms with Gasteiger partial charge < -0.3 is 21.3 Å². The highest BCUT2D eigenvalue weighted by atomic mass is 19.1. The summed E-state index contributed by atoms with van der Waals surface area (Å²) in [5.41, 5.74) is 9.35. The molecule has 1 fully saturated rings. The number of nitrogen functional groups attached to an aromatic ring is 1. The van der Waals surface area contributed by atoms with E-state index < -0.39 is 0 Å². The summed E-state index contributed by atoms with van der Waals surface area (Å²) in [5, 5.41) is 18.9. The highest BCUT2D eigenvalue weighted by Gasteiger charge is 2.11.